The lowest BCUT2D eigenvalue weighted by Gasteiger charge is -2.17. The fourth-order valence-electron chi connectivity index (χ4n) is 2.94. The Morgan fingerprint density at radius 1 is 1.03 bits per heavy atom. The molecule has 0 N–H and O–H groups in total. The Hall–Kier alpha value is -3.55. The van der Waals surface area contributed by atoms with Crippen LogP contribution in [0, 0.1) is 0 Å². The first-order valence-corrected chi connectivity index (χ1v) is 10.0. The Morgan fingerprint density at radius 2 is 1.71 bits per heavy atom. The molecule has 0 saturated carbocycles. The number of hydrogen-bond acceptors (Lipinski definition) is 7. The summed E-state index contributed by atoms with van der Waals surface area (Å²) in [7, 11) is 4.81. The molecule has 8 heteroatoms. The van der Waals surface area contributed by atoms with Crippen LogP contribution in [0.15, 0.2) is 47.0 Å². The predicted octanol–water partition coefficient (Wildman–Crippen LogP) is 3.54. The largest absolute Gasteiger partial charge is 0.497 e. The number of nitrogens with zero attached hydrogens (tertiary/aromatic N) is 3. The van der Waals surface area contributed by atoms with Crippen LogP contribution in [0.5, 0.6) is 17.2 Å². The van der Waals surface area contributed by atoms with Crippen LogP contribution < -0.4 is 14.2 Å². The summed E-state index contributed by atoms with van der Waals surface area (Å²) in [6.07, 6.45) is 1.44. The molecule has 0 spiro atoms. The minimum atomic E-state index is -0.153. The molecule has 8 nitrogen and oxygen atoms in total. The first kappa shape index (κ1) is 22.1. The minimum Gasteiger partial charge on any atom is -0.497 e. The molecule has 0 atom stereocenters. The maximum atomic E-state index is 12.7. The number of aryl methyl sites for hydroxylation is 1. The molecule has 1 aromatic heterocycles. The van der Waals surface area contributed by atoms with Gasteiger partial charge in [-0.15, -0.1) is 0 Å². The van der Waals surface area contributed by atoms with E-state index in [0.717, 1.165) is 12.2 Å². The molecule has 0 aliphatic heterocycles. The van der Waals surface area contributed by atoms with Crippen molar-refractivity contribution in [3.05, 3.63) is 65.3 Å². The molecule has 0 aliphatic rings. The number of rotatable bonds is 10. The average molecular weight is 425 g/mol. The lowest BCUT2D eigenvalue weighted by molar-refractivity contribution is 0.0795. The van der Waals surface area contributed by atoms with Gasteiger partial charge in [-0.05, 0) is 36.2 Å². The molecule has 0 bridgehead atoms. The van der Waals surface area contributed by atoms with E-state index in [-0.39, 0.29) is 12.5 Å². The number of hydrogen-bond donors (Lipinski definition) is 0. The molecule has 0 aliphatic carbocycles. The molecule has 0 unspecified atom stereocenters. The van der Waals surface area contributed by atoms with E-state index >= 15 is 0 Å². The monoisotopic (exact) mass is 425 g/mol. The highest BCUT2D eigenvalue weighted by atomic mass is 16.5. The third-order valence-electron chi connectivity index (χ3n) is 4.82. The molecule has 164 valence electrons. The molecule has 1 heterocycles. The number of ether oxygens (including phenoxy) is 3. The lowest BCUT2D eigenvalue weighted by Crippen LogP contribution is -2.29. The zero-order valence-electron chi connectivity index (χ0n) is 18.3. The van der Waals surface area contributed by atoms with Crippen LogP contribution in [0.25, 0.3) is 0 Å². The second kappa shape index (κ2) is 10.5. The van der Waals surface area contributed by atoms with Gasteiger partial charge >= 0.3 is 0 Å². The van der Waals surface area contributed by atoms with Gasteiger partial charge in [-0.25, -0.2) is 0 Å². The first-order valence-electron chi connectivity index (χ1n) is 10.0. The number of benzene rings is 2. The lowest BCUT2D eigenvalue weighted by atomic mass is 10.1. The van der Waals surface area contributed by atoms with Crippen LogP contribution >= 0.6 is 0 Å². The van der Waals surface area contributed by atoms with E-state index < -0.39 is 0 Å². The smallest absolute Gasteiger partial charge is 0.264 e. The van der Waals surface area contributed by atoms with E-state index in [4.69, 9.17) is 18.7 Å². The number of carbonyl (C=O) groups is 1. The predicted molar refractivity (Wildman–Crippen MR) is 115 cm³/mol. The van der Waals surface area contributed by atoms with E-state index in [2.05, 4.69) is 17.1 Å². The third kappa shape index (κ3) is 5.97. The third-order valence-corrected chi connectivity index (χ3v) is 4.82. The van der Waals surface area contributed by atoms with Gasteiger partial charge < -0.3 is 23.6 Å². The number of methoxy groups -OCH3 is 2. The van der Waals surface area contributed by atoms with Crippen molar-refractivity contribution in [1.29, 1.82) is 0 Å². The van der Waals surface area contributed by atoms with E-state index in [1.54, 1.807) is 44.4 Å². The Balaban J connectivity index is 1.53. The average Bonchev–Trinajstić information content (AvgIpc) is 3.28. The van der Waals surface area contributed by atoms with Crippen molar-refractivity contribution >= 4 is 5.91 Å². The van der Waals surface area contributed by atoms with Crippen molar-refractivity contribution in [3.8, 4) is 17.2 Å². The first-order chi connectivity index (χ1) is 15.0. The van der Waals surface area contributed by atoms with Gasteiger partial charge in [-0.1, -0.05) is 24.2 Å². The van der Waals surface area contributed by atoms with Crippen molar-refractivity contribution in [1.82, 2.24) is 15.0 Å². The summed E-state index contributed by atoms with van der Waals surface area (Å²) in [5.74, 6) is 2.62. The van der Waals surface area contributed by atoms with Crippen LogP contribution in [0.2, 0.25) is 0 Å². The van der Waals surface area contributed by atoms with Gasteiger partial charge in [0, 0.05) is 31.6 Å². The molecular formula is C23H27N3O5. The van der Waals surface area contributed by atoms with Crippen LogP contribution in [0.1, 0.15) is 34.6 Å². The number of aromatic nitrogens is 2. The molecular weight excluding hydrogens is 398 g/mol. The Bertz CT molecular complexity index is 978. The van der Waals surface area contributed by atoms with Gasteiger partial charge in [0.1, 0.15) is 17.2 Å². The second-order valence-electron chi connectivity index (χ2n) is 6.97. The van der Waals surface area contributed by atoms with Gasteiger partial charge in [0.2, 0.25) is 0 Å². The van der Waals surface area contributed by atoms with Gasteiger partial charge in [0.05, 0.1) is 14.2 Å². The maximum Gasteiger partial charge on any atom is 0.264 e. The summed E-state index contributed by atoms with van der Waals surface area (Å²) >= 11 is 0. The van der Waals surface area contributed by atoms with Crippen molar-refractivity contribution in [2.24, 2.45) is 0 Å². The summed E-state index contributed by atoms with van der Waals surface area (Å²) in [5, 5.41) is 3.97. The van der Waals surface area contributed by atoms with Crippen LogP contribution in [-0.4, -0.2) is 48.8 Å². The van der Waals surface area contributed by atoms with Gasteiger partial charge in [0.25, 0.3) is 11.8 Å². The van der Waals surface area contributed by atoms with Crippen molar-refractivity contribution in [3.63, 3.8) is 0 Å². The standard InChI is InChI=1S/C23H27N3O5/c1-5-16-6-8-18(9-7-16)30-15-22-24-21(25-31-22)10-11-26(2)23(27)17-12-19(28-3)14-20(13-17)29-4/h6-9,12-14H,5,10-11,15H2,1-4H3. The van der Waals surface area contributed by atoms with E-state index in [9.17, 15) is 4.79 Å². The van der Waals surface area contributed by atoms with E-state index in [1.165, 1.54) is 5.56 Å². The van der Waals surface area contributed by atoms with Crippen molar-refractivity contribution < 1.29 is 23.5 Å². The summed E-state index contributed by atoms with van der Waals surface area (Å²) in [4.78, 5) is 18.7. The Labute approximate surface area is 181 Å². The van der Waals surface area contributed by atoms with Gasteiger partial charge in [0.15, 0.2) is 12.4 Å². The van der Waals surface area contributed by atoms with Gasteiger partial charge in [-0.3, -0.25) is 4.79 Å². The fourth-order valence-corrected chi connectivity index (χ4v) is 2.94. The topological polar surface area (TPSA) is 86.9 Å². The minimum absolute atomic E-state index is 0.153. The summed E-state index contributed by atoms with van der Waals surface area (Å²) in [5.41, 5.74) is 1.73. The molecule has 0 radical (unpaired) electrons. The summed E-state index contributed by atoms with van der Waals surface area (Å²) in [6.45, 7) is 2.72. The normalized spacial score (nSPS) is 10.6. The second-order valence-corrected chi connectivity index (χ2v) is 6.97. The SMILES string of the molecule is CCc1ccc(OCc2nc(CCN(C)C(=O)c3cc(OC)cc(OC)c3)no2)cc1. The van der Waals surface area contributed by atoms with E-state index in [1.807, 2.05) is 24.3 Å². The van der Waals surface area contributed by atoms with Crippen LogP contribution in [-0.2, 0) is 19.4 Å². The van der Waals surface area contributed by atoms with Gasteiger partial charge in [-0.2, -0.15) is 4.98 Å². The zero-order valence-corrected chi connectivity index (χ0v) is 18.3. The summed E-state index contributed by atoms with van der Waals surface area (Å²) in [6, 6.07) is 13.0. The van der Waals surface area contributed by atoms with E-state index in [0.29, 0.717) is 41.7 Å². The Kier molecular flexibility index (Phi) is 7.48. The number of amides is 1. The molecule has 0 saturated heterocycles. The van der Waals surface area contributed by atoms with Crippen molar-refractivity contribution in [2.75, 3.05) is 27.8 Å². The number of likely N-dealkylation sites (N-methyl/N-ethyl adjacent to an activating group) is 1. The highest BCUT2D eigenvalue weighted by Gasteiger charge is 2.16. The molecule has 3 rings (SSSR count). The highest BCUT2D eigenvalue weighted by Crippen LogP contribution is 2.23. The number of carbonyl (C=O) groups excluding carboxylic acids is 1. The quantitative estimate of drug-likeness (QED) is 0.491. The van der Waals surface area contributed by atoms with Crippen molar-refractivity contribution in [2.45, 2.75) is 26.4 Å². The van der Waals surface area contributed by atoms with Crippen LogP contribution in [0.3, 0.4) is 0 Å². The molecule has 3 aromatic rings. The zero-order chi connectivity index (χ0) is 22.2. The molecule has 0 fully saturated rings. The molecule has 31 heavy (non-hydrogen) atoms. The van der Waals surface area contributed by atoms with Crippen LogP contribution in [0.4, 0.5) is 0 Å². The molecule has 2 aromatic carbocycles. The molecule has 1 amide bonds. The fraction of sp³-hybridized carbons (Fsp3) is 0.348. The summed E-state index contributed by atoms with van der Waals surface area (Å²) < 4.78 is 21.4. The highest BCUT2D eigenvalue weighted by molar-refractivity contribution is 5.95. The Morgan fingerprint density at radius 3 is 2.32 bits per heavy atom. The maximum absolute atomic E-state index is 12.7.